The van der Waals surface area contributed by atoms with Gasteiger partial charge in [0, 0.05) is 45.6 Å². The van der Waals surface area contributed by atoms with E-state index in [2.05, 4.69) is 57.0 Å². The van der Waals surface area contributed by atoms with Crippen molar-refractivity contribution in [3.63, 3.8) is 0 Å². The number of phenolic OH excluding ortho intramolecular Hbond substituents is 1. The van der Waals surface area contributed by atoms with Gasteiger partial charge in [0.15, 0.2) is 0 Å². The fourth-order valence-corrected chi connectivity index (χ4v) is 4.96. The molecule has 0 spiro atoms. The lowest BCUT2D eigenvalue weighted by molar-refractivity contribution is 0.0512. The minimum Gasteiger partial charge on any atom is -0.508 e. The van der Waals surface area contributed by atoms with Gasteiger partial charge in [-0.05, 0) is 85.3 Å². The Bertz CT molecular complexity index is 1860. The summed E-state index contributed by atoms with van der Waals surface area (Å²) in [5.41, 5.74) is 3.19. The number of carbonyl (C=O) groups excluding carboxylic acids is 2. The molecule has 0 fully saturated rings. The Morgan fingerprint density at radius 2 is 1.36 bits per heavy atom. The molecular formula is C41H49Cl2N7O5. The van der Waals surface area contributed by atoms with Crippen LogP contribution in [-0.4, -0.2) is 68.2 Å². The SMILES string of the molecule is C=C(NC(=NC(C)=NCCOCCOCCNC(=O)c1ccccc1)Nc1ccc(O)cc1)Nc1ccc(C(=O)NCc2ccc(Cl)cc2Cl)cc1.CCC. The van der Waals surface area contributed by atoms with E-state index in [1.165, 1.54) is 6.42 Å². The summed E-state index contributed by atoms with van der Waals surface area (Å²) in [6.07, 6.45) is 1.25. The highest BCUT2D eigenvalue weighted by Gasteiger charge is 2.09. The second-order valence-corrected chi connectivity index (χ2v) is 12.7. The maximum atomic E-state index is 12.7. The monoisotopic (exact) mass is 789 g/mol. The van der Waals surface area contributed by atoms with Crippen molar-refractivity contribution in [2.45, 2.75) is 33.7 Å². The quantitative estimate of drug-likeness (QED) is 0.0273. The standard InChI is InChI=1S/C38H41Cl2N7O5.C3H8/c1-26(41-18-20-51-22-23-52-21-19-42-36(49)28-6-4-3-5-7-28)45-38(47-33-14-16-34(48)17-15-33)46-27(2)44-32-12-9-29(10-13-32)37(50)43-25-30-8-11-31(39)24-35(30)40;1-3-2/h3-17,24,44,48H,2,18-23,25H2,1H3,(H,42,49)(H,43,50)(H2,41,45,46,47);3H2,1-2H3. The lowest BCUT2D eigenvalue weighted by Crippen LogP contribution is -2.33. The molecule has 0 aliphatic carbocycles. The molecule has 0 bridgehead atoms. The van der Waals surface area contributed by atoms with Crippen LogP contribution in [0.1, 0.15) is 53.5 Å². The average molecular weight is 791 g/mol. The van der Waals surface area contributed by atoms with Crippen LogP contribution in [0.15, 0.2) is 119 Å². The molecule has 0 atom stereocenters. The van der Waals surface area contributed by atoms with Crippen LogP contribution < -0.4 is 26.6 Å². The first-order chi connectivity index (χ1) is 26.6. The van der Waals surface area contributed by atoms with Crippen LogP contribution in [0.25, 0.3) is 0 Å². The second kappa shape index (κ2) is 24.8. The van der Waals surface area contributed by atoms with Gasteiger partial charge in [0.05, 0.1) is 33.0 Å². The van der Waals surface area contributed by atoms with Gasteiger partial charge >= 0.3 is 0 Å². The van der Waals surface area contributed by atoms with Crippen LogP contribution in [0, 0.1) is 0 Å². The molecule has 12 nitrogen and oxygen atoms in total. The first-order valence-corrected chi connectivity index (χ1v) is 18.5. The number of rotatable bonds is 17. The number of halogens is 2. The maximum absolute atomic E-state index is 12.7. The van der Waals surface area contributed by atoms with Crippen LogP contribution in [0.2, 0.25) is 10.0 Å². The highest BCUT2D eigenvalue weighted by atomic mass is 35.5. The largest absolute Gasteiger partial charge is 0.508 e. The molecule has 0 saturated carbocycles. The summed E-state index contributed by atoms with van der Waals surface area (Å²) in [5.74, 6) is 0.945. The molecule has 0 radical (unpaired) electrons. The number of carbonyl (C=O) groups is 2. The number of amidine groups is 1. The van der Waals surface area contributed by atoms with Crippen LogP contribution in [0.5, 0.6) is 5.75 Å². The first-order valence-electron chi connectivity index (χ1n) is 17.8. The van der Waals surface area contributed by atoms with Crippen molar-refractivity contribution in [2.75, 3.05) is 50.2 Å². The van der Waals surface area contributed by atoms with Gasteiger partial charge in [0.1, 0.15) is 17.4 Å². The summed E-state index contributed by atoms with van der Waals surface area (Å²) < 4.78 is 11.1. The number of ether oxygens (including phenoxy) is 2. The summed E-state index contributed by atoms with van der Waals surface area (Å²) in [5, 5.41) is 25.8. The summed E-state index contributed by atoms with van der Waals surface area (Å²) in [7, 11) is 0. The van der Waals surface area contributed by atoms with Crippen LogP contribution in [-0.2, 0) is 16.0 Å². The van der Waals surface area contributed by atoms with Crippen molar-refractivity contribution in [1.29, 1.82) is 0 Å². The molecule has 55 heavy (non-hydrogen) atoms. The smallest absolute Gasteiger partial charge is 0.251 e. The van der Waals surface area contributed by atoms with Gasteiger partial charge in [-0.3, -0.25) is 14.6 Å². The fourth-order valence-electron chi connectivity index (χ4n) is 4.48. The van der Waals surface area contributed by atoms with Crippen LogP contribution in [0.4, 0.5) is 11.4 Å². The number of benzene rings is 4. The second-order valence-electron chi connectivity index (χ2n) is 11.8. The highest BCUT2D eigenvalue weighted by molar-refractivity contribution is 6.35. The fraction of sp³-hybridized carbons (Fsp3) is 0.268. The minimum atomic E-state index is -0.253. The number of aromatic hydroxyl groups is 1. The number of hydrogen-bond acceptors (Lipinski definition) is 7. The third-order valence-corrected chi connectivity index (χ3v) is 7.67. The van der Waals surface area contributed by atoms with E-state index in [1.807, 2.05) is 18.2 Å². The Morgan fingerprint density at radius 3 is 2.04 bits per heavy atom. The molecule has 0 saturated heterocycles. The van der Waals surface area contributed by atoms with E-state index in [0.717, 1.165) is 5.56 Å². The molecule has 2 amide bonds. The van der Waals surface area contributed by atoms with Crippen molar-refractivity contribution in [2.24, 2.45) is 9.98 Å². The molecule has 0 aliphatic heterocycles. The summed E-state index contributed by atoms with van der Waals surface area (Å²) in [4.78, 5) is 33.8. The Hall–Kier alpha value is -5.40. The van der Waals surface area contributed by atoms with Gasteiger partial charge in [0.25, 0.3) is 11.8 Å². The molecule has 6 N–H and O–H groups in total. The van der Waals surface area contributed by atoms with Crippen molar-refractivity contribution in [3.05, 3.63) is 136 Å². The number of nitrogens with one attached hydrogen (secondary N) is 5. The number of phenols is 1. The Labute approximate surface area is 333 Å². The van der Waals surface area contributed by atoms with Gasteiger partial charge < -0.3 is 41.2 Å². The van der Waals surface area contributed by atoms with E-state index in [1.54, 1.807) is 85.8 Å². The van der Waals surface area contributed by atoms with Crippen molar-refractivity contribution in [3.8, 4) is 5.75 Å². The van der Waals surface area contributed by atoms with Gasteiger partial charge in [0.2, 0.25) is 5.96 Å². The molecule has 0 aromatic heterocycles. The normalized spacial score (nSPS) is 11.1. The zero-order valence-electron chi connectivity index (χ0n) is 31.3. The number of nitrogens with zero attached hydrogens (tertiary/aromatic N) is 2. The lowest BCUT2D eigenvalue weighted by atomic mass is 10.1. The maximum Gasteiger partial charge on any atom is 0.251 e. The zero-order chi connectivity index (χ0) is 39.8. The Balaban J connectivity index is 0.00000262. The summed E-state index contributed by atoms with van der Waals surface area (Å²) in [6, 6.07) is 27.5. The van der Waals surface area contributed by atoms with E-state index in [4.69, 9.17) is 32.7 Å². The van der Waals surface area contributed by atoms with Gasteiger partial charge in [-0.1, -0.05) is 74.3 Å². The van der Waals surface area contributed by atoms with Crippen molar-refractivity contribution < 1.29 is 24.2 Å². The predicted octanol–water partition coefficient (Wildman–Crippen LogP) is 7.87. The minimum absolute atomic E-state index is 0.131. The summed E-state index contributed by atoms with van der Waals surface area (Å²) >= 11 is 12.2. The zero-order valence-corrected chi connectivity index (χ0v) is 32.8. The van der Waals surface area contributed by atoms with E-state index in [-0.39, 0.29) is 24.1 Å². The topological polar surface area (TPSA) is 158 Å². The molecule has 0 unspecified atom stereocenters. The number of anilines is 2. The van der Waals surface area contributed by atoms with E-state index < -0.39 is 0 Å². The molecule has 0 aliphatic rings. The Kier molecular flexibility index (Phi) is 19.9. The lowest BCUT2D eigenvalue weighted by Gasteiger charge is -2.16. The van der Waals surface area contributed by atoms with Crippen molar-refractivity contribution >= 4 is 58.2 Å². The number of guanidine groups is 1. The number of hydrogen-bond donors (Lipinski definition) is 6. The van der Waals surface area contributed by atoms with Gasteiger partial charge in [-0.15, -0.1) is 0 Å². The van der Waals surface area contributed by atoms with Gasteiger partial charge in [-0.2, -0.15) is 0 Å². The molecule has 14 heteroatoms. The highest BCUT2D eigenvalue weighted by Crippen LogP contribution is 2.21. The van der Waals surface area contributed by atoms with Crippen LogP contribution in [0.3, 0.4) is 0 Å². The molecule has 292 valence electrons. The third kappa shape index (κ3) is 17.5. The van der Waals surface area contributed by atoms with Gasteiger partial charge in [-0.25, -0.2) is 4.99 Å². The van der Waals surface area contributed by atoms with E-state index in [9.17, 15) is 14.7 Å². The molecule has 4 rings (SSSR count). The first kappa shape index (κ1) is 44.0. The number of aliphatic imine (C=N–C) groups is 2. The molecule has 0 heterocycles. The molecule has 4 aromatic rings. The van der Waals surface area contributed by atoms with Crippen molar-refractivity contribution in [1.82, 2.24) is 16.0 Å². The third-order valence-electron chi connectivity index (χ3n) is 7.09. The van der Waals surface area contributed by atoms with Crippen LogP contribution >= 0.6 is 23.2 Å². The predicted molar refractivity (Wildman–Crippen MR) is 223 cm³/mol. The Morgan fingerprint density at radius 1 is 0.764 bits per heavy atom. The summed E-state index contributed by atoms with van der Waals surface area (Å²) in [6.45, 7) is 12.6. The van der Waals surface area contributed by atoms with E-state index >= 15 is 0 Å². The van der Waals surface area contributed by atoms with E-state index in [0.29, 0.717) is 89.7 Å². The molecule has 4 aromatic carbocycles. The average Bonchev–Trinajstić information content (AvgIpc) is 3.16. The molecular weight excluding hydrogens is 741 g/mol. The number of amides is 2.